The van der Waals surface area contributed by atoms with Crippen molar-refractivity contribution in [1.29, 1.82) is 5.26 Å². The third-order valence-electron chi connectivity index (χ3n) is 3.54. The fourth-order valence-corrected chi connectivity index (χ4v) is 2.81. The summed E-state index contributed by atoms with van der Waals surface area (Å²) in [5.41, 5.74) is 0.391. The highest BCUT2D eigenvalue weighted by Crippen LogP contribution is 2.40. The molecule has 1 atom stereocenters. The molecule has 0 spiro atoms. The molecule has 1 rings (SSSR count). The highest BCUT2D eigenvalue weighted by atomic mass is 15.3. The Morgan fingerprint density at radius 3 is 2.36 bits per heavy atom. The topological polar surface area (TPSA) is 27.0 Å². The van der Waals surface area contributed by atoms with Gasteiger partial charge in [-0.2, -0.15) is 5.26 Å². The van der Waals surface area contributed by atoms with E-state index in [1.807, 2.05) is 0 Å². The molecule has 0 aromatic heterocycles. The maximum atomic E-state index is 8.78. The average molecular weight is 194 g/mol. The van der Waals surface area contributed by atoms with Gasteiger partial charge in [-0.3, -0.25) is 4.90 Å². The molecule has 2 heteroatoms. The third-order valence-corrected chi connectivity index (χ3v) is 3.54. The van der Waals surface area contributed by atoms with Gasteiger partial charge in [-0.15, -0.1) is 0 Å². The molecule has 0 N–H and O–H groups in total. The molecule has 1 aliphatic rings. The Hall–Kier alpha value is -0.550. The van der Waals surface area contributed by atoms with Gasteiger partial charge >= 0.3 is 0 Å². The number of nitrogens with zero attached hydrogens (tertiary/aromatic N) is 2. The first-order valence-electron chi connectivity index (χ1n) is 5.45. The normalized spacial score (nSPS) is 27.6. The van der Waals surface area contributed by atoms with Gasteiger partial charge in [-0.05, 0) is 53.5 Å². The number of rotatable bonds is 1. The van der Waals surface area contributed by atoms with Gasteiger partial charge in [0.25, 0.3) is 0 Å². The molecule has 1 fully saturated rings. The summed E-state index contributed by atoms with van der Waals surface area (Å²) in [6.07, 6.45) is 1.86. The summed E-state index contributed by atoms with van der Waals surface area (Å²) in [6.45, 7) is 12.4. The Morgan fingerprint density at radius 2 is 2.00 bits per heavy atom. The molecule has 80 valence electrons. The van der Waals surface area contributed by atoms with E-state index >= 15 is 0 Å². The number of hydrogen-bond acceptors (Lipinski definition) is 2. The molecule has 0 radical (unpaired) electrons. The molecule has 0 aliphatic carbocycles. The largest absolute Gasteiger partial charge is 0.293 e. The van der Waals surface area contributed by atoms with Crippen LogP contribution in [0.25, 0.3) is 0 Å². The fraction of sp³-hybridized carbons (Fsp3) is 0.917. The van der Waals surface area contributed by atoms with Crippen molar-refractivity contribution in [3.05, 3.63) is 0 Å². The minimum Gasteiger partial charge on any atom is -0.293 e. The van der Waals surface area contributed by atoms with Crippen molar-refractivity contribution in [1.82, 2.24) is 4.90 Å². The molecule has 0 bridgehead atoms. The van der Waals surface area contributed by atoms with Crippen LogP contribution in [0.2, 0.25) is 0 Å². The van der Waals surface area contributed by atoms with E-state index in [-0.39, 0.29) is 11.1 Å². The molecule has 2 nitrogen and oxygen atoms in total. The standard InChI is InChI=1S/C12H22N2/c1-11(2,3)14-9-7-10(6-8-13)12(14,4)5/h10H,6-7,9H2,1-5H3. The van der Waals surface area contributed by atoms with E-state index in [1.165, 1.54) is 0 Å². The van der Waals surface area contributed by atoms with Crippen molar-refractivity contribution in [3.8, 4) is 6.07 Å². The summed E-state index contributed by atoms with van der Waals surface area (Å²) in [5, 5.41) is 8.78. The Labute approximate surface area is 87.9 Å². The van der Waals surface area contributed by atoms with Gasteiger partial charge < -0.3 is 0 Å². The van der Waals surface area contributed by atoms with Gasteiger partial charge in [0.15, 0.2) is 0 Å². The lowest BCUT2D eigenvalue weighted by Gasteiger charge is -2.44. The summed E-state index contributed by atoms with van der Waals surface area (Å²) < 4.78 is 0. The summed E-state index contributed by atoms with van der Waals surface area (Å²) in [6, 6.07) is 2.31. The Balaban J connectivity index is 2.82. The first-order valence-corrected chi connectivity index (χ1v) is 5.45. The van der Waals surface area contributed by atoms with Gasteiger partial charge in [0.1, 0.15) is 0 Å². The molecule has 1 unspecified atom stereocenters. The second kappa shape index (κ2) is 3.55. The van der Waals surface area contributed by atoms with Crippen LogP contribution in [0.5, 0.6) is 0 Å². The van der Waals surface area contributed by atoms with E-state index in [2.05, 4.69) is 45.6 Å². The third kappa shape index (κ3) is 1.93. The second-order valence-electron chi connectivity index (χ2n) is 5.82. The second-order valence-corrected chi connectivity index (χ2v) is 5.82. The van der Waals surface area contributed by atoms with Crippen LogP contribution in [-0.2, 0) is 0 Å². The Kier molecular flexibility index (Phi) is 2.92. The summed E-state index contributed by atoms with van der Waals surface area (Å²) in [7, 11) is 0. The number of hydrogen-bond donors (Lipinski definition) is 0. The molecular formula is C12H22N2. The zero-order valence-corrected chi connectivity index (χ0v) is 10.1. The van der Waals surface area contributed by atoms with Crippen LogP contribution in [0.4, 0.5) is 0 Å². The summed E-state index contributed by atoms with van der Waals surface area (Å²) >= 11 is 0. The maximum Gasteiger partial charge on any atom is 0.0625 e. The highest BCUT2D eigenvalue weighted by molar-refractivity contribution is 5.02. The van der Waals surface area contributed by atoms with Crippen molar-refractivity contribution in [3.63, 3.8) is 0 Å². The molecule has 0 saturated carbocycles. The van der Waals surface area contributed by atoms with E-state index < -0.39 is 0 Å². The molecular weight excluding hydrogens is 172 g/mol. The predicted molar refractivity (Wildman–Crippen MR) is 58.9 cm³/mol. The minimum atomic E-state index is 0.175. The van der Waals surface area contributed by atoms with E-state index in [0.29, 0.717) is 12.3 Å². The van der Waals surface area contributed by atoms with E-state index in [0.717, 1.165) is 13.0 Å². The van der Waals surface area contributed by atoms with E-state index in [9.17, 15) is 0 Å². The summed E-state index contributed by atoms with van der Waals surface area (Å²) in [4.78, 5) is 2.53. The Bertz CT molecular complexity index is 242. The van der Waals surface area contributed by atoms with Crippen LogP contribution in [0.1, 0.15) is 47.5 Å². The van der Waals surface area contributed by atoms with Gasteiger partial charge in [0.2, 0.25) is 0 Å². The molecule has 0 aromatic carbocycles. The average Bonchev–Trinajstić information content (AvgIpc) is 2.26. The summed E-state index contributed by atoms with van der Waals surface area (Å²) in [5.74, 6) is 0.534. The van der Waals surface area contributed by atoms with Gasteiger partial charge in [-0.1, -0.05) is 0 Å². The highest BCUT2D eigenvalue weighted by Gasteiger charge is 2.45. The van der Waals surface area contributed by atoms with Crippen LogP contribution in [0.15, 0.2) is 0 Å². The first kappa shape index (κ1) is 11.5. The SMILES string of the molecule is CC(C)(C)N1CCC(CC#N)C1(C)C. The van der Waals surface area contributed by atoms with E-state index in [1.54, 1.807) is 0 Å². The van der Waals surface area contributed by atoms with Crippen molar-refractivity contribution in [2.45, 2.75) is 58.5 Å². The monoisotopic (exact) mass is 194 g/mol. The van der Waals surface area contributed by atoms with Gasteiger partial charge in [-0.25, -0.2) is 0 Å². The predicted octanol–water partition coefficient (Wildman–Crippen LogP) is 2.80. The van der Waals surface area contributed by atoms with Crippen LogP contribution < -0.4 is 0 Å². The molecule has 14 heavy (non-hydrogen) atoms. The molecule has 1 heterocycles. The lowest BCUT2D eigenvalue weighted by atomic mass is 9.84. The molecule has 0 aromatic rings. The lowest BCUT2D eigenvalue weighted by Crippen LogP contribution is -2.52. The molecule has 1 aliphatic heterocycles. The number of likely N-dealkylation sites (tertiary alicyclic amines) is 1. The lowest BCUT2D eigenvalue weighted by molar-refractivity contribution is 0.0480. The quantitative estimate of drug-likeness (QED) is 0.642. The van der Waals surface area contributed by atoms with E-state index in [4.69, 9.17) is 5.26 Å². The smallest absolute Gasteiger partial charge is 0.0625 e. The van der Waals surface area contributed by atoms with Crippen molar-refractivity contribution >= 4 is 0 Å². The Morgan fingerprint density at radius 1 is 1.43 bits per heavy atom. The zero-order chi connectivity index (χ0) is 11.0. The zero-order valence-electron chi connectivity index (χ0n) is 10.1. The van der Waals surface area contributed by atoms with Crippen LogP contribution in [-0.4, -0.2) is 22.5 Å². The van der Waals surface area contributed by atoms with Gasteiger partial charge in [0.05, 0.1) is 6.07 Å². The van der Waals surface area contributed by atoms with Crippen molar-refractivity contribution in [2.24, 2.45) is 5.92 Å². The van der Waals surface area contributed by atoms with Crippen LogP contribution >= 0.6 is 0 Å². The van der Waals surface area contributed by atoms with Crippen molar-refractivity contribution in [2.75, 3.05) is 6.54 Å². The van der Waals surface area contributed by atoms with Gasteiger partial charge in [0, 0.05) is 17.5 Å². The number of nitriles is 1. The van der Waals surface area contributed by atoms with Crippen molar-refractivity contribution < 1.29 is 0 Å². The maximum absolute atomic E-state index is 8.78. The van der Waals surface area contributed by atoms with Crippen LogP contribution in [0.3, 0.4) is 0 Å². The fourth-order valence-electron chi connectivity index (χ4n) is 2.81. The molecule has 1 saturated heterocycles. The molecule has 0 amide bonds. The first-order chi connectivity index (χ1) is 6.30. The minimum absolute atomic E-state index is 0.175. The van der Waals surface area contributed by atoms with Crippen LogP contribution in [0, 0.1) is 17.2 Å².